The SMILES string of the molecule is CN1c2ccccc2C(C)(C)C12C=Cc1cc(Sc3cc4c(c([N+](=O)[O-])c3)OC3(C=C4)N(C)c4ccccc4C3(C)C)cc([N+](=O)[O-])c1O2. The first kappa shape index (κ1) is 31.0. The van der Waals surface area contributed by atoms with Crippen LogP contribution in [-0.2, 0) is 10.8 Å². The molecule has 0 saturated carbocycles. The molecule has 0 radical (unpaired) electrons. The van der Waals surface area contributed by atoms with Gasteiger partial charge in [0, 0.05) is 58.5 Å². The third-order valence-corrected chi connectivity index (χ3v) is 11.9. The third-order valence-electron chi connectivity index (χ3n) is 10.9. The van der Waals surface area contributed by atoms with E-state index in [0.29, 0.717) is 20.9 Å². The van der Waals surface area contributed by atoms with Crippen molar-refractivity contribution in [2.75, 3.05) is 23.9 Å². The van der Waals surface area contributed by atoms with Gasteiger partial charge < -0.3 is 19.3 Å². The summed E-state index contributed by atoms with van der Waals surface area (Å²) in [6, 6.07) is 22.7. The first-order chi connectivity index (χ1) is 23.2. The molecular weight excluding hydrogens is 641 g/mol. The molecule has 4 aliphatic rings. The molecule has 0 aliphatic carbocycles. The maximum absolute atomic E-state index is 12.5. The second-order valence-electron chi connectivity index (χ2n) is 14.0. The first-order valence-electron chi connectivity index (χ1n) is 16.0. The smallest absolute Gasteiger partial charge is 0.312 e. The van der Waals surface area contributed by atoms with E-state index in [9.17, 15) is 20.2 Å². The average molecular weight is 675 g/mol. The molecule has 4 aromatic rings. The Labute approximate surface area is 287 Å². The van der Waals surface area contributed by atoms with Gasteiger partial charge in [-0.15, -0.1) is 0 Å². The largest absolute Gasteiger partial charge is 0.456 e. The van der Waals surface area contributed by atoms with Crippen LogP contribution in [0.3, 0.4) is 0 Å². The number of para-hydroxylation sites is 2. The van der Waals surface area contributed by atoms with Crippen molar-refractivity contribution in [1.29, 1.82) is 0 Å². The average Bonchev–Trinajstić information content (AvgIpc) is 3.34. The number of nitrogens with zero attached hydrogens (tertiary/aromatic N) is 4. The van der Waals surface area contributed by atoms with Crippen LogP contribution < -0.4 is 19.3 Å². The van der Waals surface area contributed by atoms with Crippen molar-refractivity contribution >= 4 is 46.7 Å². The lowest BCUT2D eigenvalue weighted by Crippen LogP contribution is -2.58. The Morgan fingerprint density at radius 3 is 1.39 bits per heavy atom. The third kappa shape index (κ3) is 4.02. The molecule has 0 aromatic heterocycles. The number of ether oxygens (including phenoxy) is 2. The van der Waals surface area contributed by atoms with Gasteiger partial charge in [0.1, 0.15) is 0 Å². The van der Waals surface area contributed by atoms with Crippen LogP contribution in [0, 0.1) is 20.2 Å². The van der Waals surface area contributed by atoms with Crippen LogP contribution in [0.1, 0.15) is 49.9 Å². The molecule has 0 bridgehead atoms. The van der Waals surface area contributed by atoms with Gasteiger partial charge in [-0.2, -0.15) is 0 Å². The number of fused-ring (bicyclic) bond motifs is 4. The monoisotopic (exact) mass is 674 g/mol. The van der Waals surface area contributed by atoms with E-state index < -0.39 is 32.1 Å². The minimum Gasteiger partial charge on any atom is -0.456 e. The summed E-state index contributed by atoms with van der Waals surface area (Å²) < 4.78 is 13.4. The van der Waals surface area contributed by atoms with Crippen LogP contribution in [0.2, 0.25) is 0 Å². The van der Waals surface area contributed by atoms with Crippen LogP contribution in [0.15, 0.2) is 94.7 Å². The summed E-state index contributed by atoms with van der Waals surface area (Å²) in [4.78, 5) is 29.3. The lowest BCUT2D eigenvalue weighted by Gasteiger charge is -2.45. The van der Waals surface area contributed by atoms with Crippen molar-refractivity contribution in [3.63, 3.8) is 0 Å². The number of rotatable bonds is 4. The molecule has 4 aromatic carbocycles. The number of benzene rings is 4. The van der Waals surface area contributed by atoms with Crippen molar-refractivity contribution in [3.8, 4) is 11.5 Å². The van der Waals surface area contributed by atoms with Gasteiger partial charge in [0.2, 0.25) is 22.9 Å². The van der Waals surface area contributed by atoms with E-state index in [2.05, 4.69) is 39.8 Å². The Balaban J connectivity index is 1.16. The molecule has 0 fully saturated rings. The maximum atomic E-state index is 12.5. The van der Waals surface area contributed by atoms with Crippen LogP contribution >= 0.6 is 11.8 Å². The number of hydrogen-bond acceptors (Lipinski definition) is 9. The van der Waals surface area contributed by atoms with Gasteiger partial charge >= 0.3 is 11.4 Å². The van der Waals surface area contributed by atoms with E-state index in [1.54, 1.807) is 0 Å². The van der Waals surface area contributed by atoms with E-state index >= 15 is 0 Å². The molecular formula is C38H34N4O6S. The van der Waals surface area contributed by atoms with Gasteiger partial charge in [0.15, 0.2) is 0 Å². The summed E-state index contributed by atoms with van der Waals surface area (Å²) in [6.07, 6.45) is 7.69. The highest BCUT2D eigenvalue weighted by Crippen LogP contribution is 2.58. The topological polar surface area (TPSA) is 111 Å². The molecule has 49 heavy (non-hydrogen) atoms. The van der Waals surface area contributed by atoms with Crippen molar-refractivity contribution < 1.29 is 19.3 Å². The summed E-state index contributed by atoms with van der Waals surface area (Å²) in [5.74, 6) is 0.374. The van der Waals surface area contributed by atoms with Gasteiger partial charge in [-0.3, -0.25) is 20.2 Å². The molecule has 2 unspecified atom stereocenters. The fourth-order valence-electron chi connectivity index (χ4n) is 8.20. The Hall–Kier alpha value is -5.29. The van der Waals surface area contributed by atoms with Crippen molar-refractivity contribution in [1.82, 2.24) is 0 Å². The first-order valence-corrected chi connectivity index (χ1v) is 16.8. The minimum atomic E-state index is -0.977. The van der Waals surface area contributed by atoms with Gasteiger partial charge in [0.25, 0.3) is 0 Å². The molecule has 4 aliphatic heterocycles. The van der Waals surface area contributed by atoms with E-state index in [4.69, 9.17) is 9.47 Å². The summed E-state index contributed by atoms with van der Waals surface area (Å²) in [6.45, 7) is 8.31. The highest BCUT2D eigenvalue weighted by molar-refractivity contribution is 7.99. The zero-order valence-electron chi connectivity index (χ0n) is 27.9. The van der Waals surface area contributed by atoms with Crippen LogP contribution in [-0.4, -0.2) is 35.4 Å². The van der Waals surface area contributed by atoms with E-state index in [1.807, 2.05) is 96.7 Å². The molecule has 248 valence electrons. The van der Waals surface area contributed by atoms with Crippen molar-refractivity contribution in [2.45, 2.75) is 59.8 Å². The Kier molecular flexibility index (Phi) is 6.40. The zero-order chi connectivity index (χ0) is 34.7. The molecule has 4 heterocycles. The van der Waals surface area contributed by atoms with Crippen LogP contribution in [0.4, 0.5) is 22.7 Å². The van der Waals surface area contributed by atoms with Gasteiger partial charge in [-0.25, -0.2) is 0 Å². The number of likely N-dealkylation sites (N-methyl/N-ethyl adjacent to an activating group) is 2. The highest BCUT2D eigenvalue weighted by Gasteiger charge is 2.59. The number of hydrogen-bond donors (Lipinski definition) is 0. The van der Waals surface area contributed by atoms with Gasteiger partial charge in [0.05, 0.1) is 20.7 Å². The zero-order valence-corrected chi connectivity index (χ0v) is 28.7. The Morgan fingerprint density at radius 1 is 0.633 bits per heavy atom. The number of nitro groups is 2. The molecule has 2 atom stereocenters. The normalized spacial score (nSPS) is 23.1. The Morgan fingerprint density at radius 2 is 1.02 bits per heavy atom. The molecule has 0 saturated heterocycles. The lowest BCUT2D eigenvalue weighted by molar-refractivity contribution is -0.386. The molecule has 0 amide bonds. The molecule has 0 N–H and O–H groups in total. The lowest BCUT2D eigenvalue weighted by atomic mass is 9.76. The van der Waals surface area contributed by atoms with Crippen molar-refractivity contribution in [2.24, 2.45) is 0 Å². The Bertz CT molecular complexity index is 2040. The van der Waals surface area contributed by atoms with E-state index in [0.717, 1.165) is 22.5 Å². The molecule has 8 rings (SSSR count). The standard InChI is InChI=1S/C38H34N4O6S/c1-35(2)27-11-7-9-13-29(27)39(5)37(35)17-15-23-19-25(21-31(41(43)44)33(23)47-37)49-26-20-24-16-18-38(48-34(24)32(22-26)42(45)46)36(3,4)28-12-8-10-14-30(28)40(38)6/h7-22H,1-6H3. The summed E-state index contributed by atoms with van der Waals surface area (Å²) in [5, 5.41) is 25.0. The second kappa shape index (κ2) is 10.1. The molecule has 11 heteroatoms. The maximum Gasteiger partial charge on any atom is 0.312 e. The van der Waals surface area contributed by atoms with Crippen LogP contribution in [0.5, 0.6) is 11.5 Å². The quantitative estimate of drug-likeness (QED) is 0.155. The summed E-state index contributed by atoms with van der Waals surface area (Å²) >= 11 is 1.22. The summed E-state index contributed by atoms with van der Waals surface area (Å²) in [5.41, 5.74) is 1.96. The predicted octanol–water partition coefficient (Wildman–Crippen LogP) is 8.71. The predicted molar refractivity (Wildman–Crippen MR) is 191 cm³/mol. The highest BCUT2D eigenvalue weighted by atomic mass is 32.2. The number of anilines is 2. The molecule has 2 spiro atoms. The minimum absolute atomic E-state index is 0.174. The fraction of sp³-hybridized carbons (Fsp3) is 0.263. The van der Waals surface area contributed by atoms with E-state index in [-0.39, 0.29) is 22.9 Å². The molecule has 10 nitrogen and oxygen atoms in total. The van der Waals surface area contributed by atoms with E-state index in [1.165, 1.54) is 23.9 Å². The second-order valence-corrected chi connectivity index (χ2v) is 15.2. The van der Waals surface area contributed by atoms with Crippen molar-refractivity contribution in [3.05, 3.63) is 127 Å². The van der Waals surface area contributed by atoms with Crippen LogP contribution in [0.25, 0.3) is 12.2 Å². The van der Waals surface area contributed by atoms with Gasteiger partial charge in [-0.05, 0) is 87.4 Å². The fourth-order valence-corrected chi connectivity index (χ4v) is 9.19. The number of nitro benzene ring substituents is 2. The van der Waals surface area contributed by atoms with Gasteiger partial charge in [-0.1, -0.05) is 48.2 Å². The summed E-state index contributed by atoms with van der Waals surface area (Å²) in [7, 11) is 3.87.